The summed E-state index contributed by atoms with van der Waals surface area (Å²) >= 11 is 0. The van der Waals surface area contributed by atoms with Crippen molar-refractivity contribution in [2.45, 2.75) is 13.3 Å². The van der Waals surface area contributed by atoms with Gasteiger partial charge in [-0.2, -0.15) is 0 Å². The van der Waals surface area contributed by atoms with Crippen molar-refractivity contribution in [3.05, 3.63) is 27.9 Å². The van der Waals surface area contributed by atoms with Gasteiger partial charge in [0.15, 0.2) is 0 Å². The molecular formula is C10H13N3O4. The maximum atomic E-state index is 10.6. The molecule has 0 bridgehead atoms. The SMILES string of the molecule is Cc1nc(N(C)CCC(=O)O)ccc1[N+](=O)[O-]. The largest absolute Gasteiger partial charge is 0.481 e. The van der Waals surface area contributed by atoms with Crippen LogP contribution in [0.4, 0.5) is 11.5 Å². The molecule has 0 aliphatic carbocycles. The number of pyridine rings is 1. The molecule has 0 unspecified atom stereocenters. The number of nitrogens with zero attached hydrogens (tertiary/aromatic N) is 3. The van der Waals surface area contributed by atoms with Crippen LogP contribution < -0.4 is 4.90 Å². The van der Waals surface area contributed by atoms with Crippen molar-refractivity contribution in [2.24, 2.45) is 0 Å². The Kier molecular flexibility index (Phi) is 3.97. The number of hydrogen-bond donors (Lipinski definition) is 1. The third-order valence-corrected chi connectivity index (χ3v) is 2.29. The van der Waals surface area contributed by atoms with Crippen molar-refractivity contribution in [3.63, 3.8) is 0 Å². The number of anilines is 1. The minimum atomic E-state index is -0.893. The number of hydrogen-bond acceptors (Lipinski definition) is 5. The lowest BCUT2D eigenvalue weighted by atomic mass is 10.3. The lowest BCUT2D eigenvalue weighted by molar-refractivity contribution is -0.385. The van der Waals surface area contributed by atoms with Crippen LogP contribution in [0.3, 0.4) is 0 Å². The first-order valence-corrected chi connectivity index (χ1v) is 4.96. The van der Waals surface area contributed by atoms with Gasteiger partial charge < -0.3 is 10.0 Å². The molecule has 0 saturated heterocycles. The molecule has 1 aromatic rings. The molecular weight excluding hydrogens is 226 g/mol. The standard InChI is InChI=1S/C10H13N3O4/c1-7-8(13(16)17)3-4-9(11-7)12(2)6-5-10(14)15/h3-4H,5-6H2,1-2H3,(H,14,15). The summed E-state index contributed by atoms with van der Waals surface area (Å²) in [6.45, 7) is 1.85. The summed E-state index contributed by atoms with van der Waals surface area (Å²) < 4.78 is 0. The fourth-order valence-electron chi connectivity index (χ4n) is 1.32. The minimum absolute atomic E-state index is 0.00574. The summed E-state index contributed by atoms with van der Waals surface area (Å²) in [7, 11) is 1.69. The molecule has 0 spiro atoms. The van der Waals surface area contributed by atoms with Gasteiger partial charge in [0.05, 0.1) is 11.3 Å². The van der Waals surface area contributed by atoms with Crippen LogP contribution in [-0.4, -0.2) is 34.6 Å². The lowest BCUT2D eigenvalue weighted by Crippen LogP contribution is -2.22. The Morgan fingerprint density at radius 1 is 1.59 bits per heavy atom. The van der Waals surface area contributed by atoms with E-state index in [0.29, 0.717) is 18.1 Å². The summed E-state index contributed by atoms with van der Waals surface area (Å²) in [6.07, 6.45) is -0.00574. The molecule has 0 aliphatic rings. The summed E-state index contributed by atoms with van der Waals surface area (Å²) in [4.78, 5) is 26.2. The number of aliphatic carboxylic acids is 1. The topological polar surface area (TPSA) is 96.6 Å². The van der Waals surface area contributed by atoms with Crippen molar-refractivity contribution in [1.29, 1.82) is 0 Å². The first kappa shape index (κ1) is 12.9. The fraction of sp³-hybridized carbons (Fsp3) is 0.400. The summed E-state index contributed by atoms with van der Waals surface area (Å²) in [5.74, 6) is -0.371. The van der Waals surface area contributed by atoms with Crippen molar-refractivity contribution in [2.75, 3.05) is 18.5 Å². The van der Waals surface area contributed by atoms with Gasteiger partial charge in [0, 0.05) is 19.7 Å². The molecule has 1 N–H and O–H groups in total. The molecule has 0 radical (unpaired) electrons. The average molecular weight is 239 g/mol. The van der Waals surface area contributed by atoms with Gasteiger partial charge in [-0.05, 0) is 13.0 Å². The zero-order chi connectivity index (χ0) is 13.0. The Balaban J connectivity index is 2.82. The van der Waals surface area contributed by atoms with Gasteiger partial charge in [-0.1, -0.05) is 0 Å². The smallest absolute Gasteiger partial charge is 0.305 e. The molecule has 0 saturated carbocycles. The fourth-order valence-corrected chi connectivity index (χ4v) is 1.32. The monoisotopic (exact) mass is 239 g/mol. The van der Waals surface area contributed by atoms with Crippen LogP contribution in [0.5, 0.6) is 0 Å². The van der Waals surface area contributed by atoms with E-state index in [9.17, 15) is 14.9 Å². The average Bonchev–Trinajstić information content (AvgIpc) is 2.25. The van der Waals surface area contributed by atoms with E-state index in [-0.39, 0.29) is 12.1 Å². The highest BCUT2D eigenvalue weighted by molar-refractivity contribution is 5.67. The van der Waals surface area contributed by atoms with Crippen molar-refractivity contribution >= 4 is 17.5 Å². The van der Waals surface area contributed by atoms with Crippen molar-refractivity contribution in [1.82, 2.24) is 4.98 Å². The number of carboxylic acid groups (broad SMARTS) is 1. The van der Waals surface area contributed by atoms with E-state index < -0.39 is 10.9 Å². The Labute approximate surface area is 97.8 Å². The third kappa shape index (κ3) is 3.40. The van der Waals surface area contributed by atoms with E-state index in [2.05, 4.69) is 4.98 Å². The number of carboxylic acids is 1. The Hall–Kier alpha value is -2.18. The van der Waals surface area contributed by atoms with Crippen molar-refractivity contribution < 1.29 is 14.8 Å². The summed E-state index contributed by atoms with van der Waals surface area (Å²) in [5.41, 5.74) is 0.273. The molecule has 1 rings (SSSR count). The molecule has 0 aromatic carbocycles. The van der Waals surface area contributed by atoms with E-state index in [1.54, 1.807) is 18.9 Å². The van der Waals surface area contributed by atoms with E-state index in [1.807, 2.05) is 0 Å². The molecule has 7 heteroatoms. The molecule has 0 atom stereocenters. The van der Waals surface area contributed by atoms with E-state index in [0.717, 1.165) is 0 Å². The van der Waals surface area contributed by atoms with Gasteiger partial charge in [-0.25, -0.2) is 4.98 Å². The number of aryl methyl sites for hydroxylation is 1. The van der Waals surface area contributed by atoms with Crippen LogP contribution in [0.15, 0.2) is 12.1 Å². The second-order valence-electron chi connectivity index (χ2n) is 3.60. The van der Waals surface area contributed by atoms with Crippen LogP contribution in [0.25, 0.3) is 0 Å². The van der Waals surface area contributed by atoms with Gasteiger partial charge in [0.2, 0.25) is 0 Å². The highest BCUT2D eigenvalue weighted by Gasteiger charge is 2.13. The second-order valence-corrected chi connectivity index (χ2v) is 3.60. The predicted molar refractivity (Wildman–Crippen MR) is 61.2 cm³/mol. The van der Waals surface area contributed by atoms with Crippen LogP contribution >= 0.6 is 0 Å². The van der Waals surface area contributed by atoms with Gasteiger partial charge in [-0.15, -0.1) is 0 Å². The molecule has 92 valence electrons. The maximum absolute atomic E-state index is 10.6. The number of carbonyl (C=O) groups is 1. The molecule has 1 heterocycles. The quantitative estimate of drug-likeness (QED) is 0.612. The summed E-state index contributed by atoms with van der Waals surface area (Å²) in [6, 6.07) is 2.88. The maximum Gasteiger partial charge on any atom is 0.305 e. The van der Waals surface area contributed by atoms with Gasteiger partial charge >= 0.3 is 5.97 Å². The van der Waals surface area contributed by atoms with Crippen LogP contribution in [0.2, 0.25) is 0 Å². The van der Waals surface area contributed by atoms with E-state index in [4.69, 9.17) is 5.11 Å². The van der Waals surface area contributed by atoms with Crippen LogP contribution in [0, 0.1) is 17.0 Å². The highest BCUT2D eigenvalue weighted by Crippen LogP contribution is 2.19. The molecule has 0 aliphatic heterocycles. The van der Waals surface area contributed by atoms with Gasteiger partial charge in [0.1, 0.15) is 11.5 Å². The van der Waals surface area contributed by atoms with Crippen LogP contribution in [-0.2, 0) is 4.79 Å². The Bertz CT molecular complexity index is 447. The molecule has 0 fully saturated rings. The van der Waals surface area contributed by atoms with Crippen molar-refractivity contribution in [3.8, 4) is 0 Å². The van der Waals surface area contributed by atoms with E-state index in [1.165, 1.54) is 12.1 Å². The molecule has 7 nitrogen and oxygen atoms in total. The van der Waals surface area contributed by atoms with Gasteiger partial charge in [0.25, 0.3) is 5.69 Å². The number of rotatable bonds is 5. The Morgan fingerprint density at radius 3 is 2.71 bits per heavy atom. The van der Waals surface area contributed by atoms with Gasteiger partial charge in [-0.3, -0.25) is 14.9 Å². The predicted octanol–water partition coefficient (Wildman–Crippen LogP) is 1.21. The minimum Gasteiger partial charge on any atom is -0.481 e. The Morgan fingerprint density at radius 2 is 2.24 bits per heavy atom. The van der Waals surface area contributed by atoms with Crippen LogP contribution in [0.1, 0.15) is 12.1 Å². The molecule has 17 heavy (non-hydrogen) atoms. The second kappa shape index (κ2) is 5.24. The van der Waals surface area contributed by atoms with E-state index >= 15 is 0 Å². The molecule has 0 amide bonds. The number of aromatic nitrogens is 1. The molecule has 1 aromatic heterocycles. The third-order valence-electron chi connectivity index (χ3n) is 2.29. The zero-order valence-electron chi connectivity index (χ0n) is 9.58. The first-order chi connectivity index (χ1) is 7.91. The summed E-state index contributed by atoms with van der Waals surface area (Å²) in [5, 5.41) is 19.1. The number of nitro groups is 1. The lowest BCUT2D eigenvalue weighted by Gasteiger charge is -2.17. The zero-order valence-corrected chi connectivity index (χ0v) is 9.58. The normalized spacial score (nSPS) is 10.0. The highest BCUT2D eigenvalue weighted by atomic mass is 16.6. The first-order valence-electron chi connectivity index (χ1n) is 4.96.